The molecule has 2 nitrogen and oxygen atoms in total. The van der Waals surface area contributed by atoms with Crippen LogP contribution in [0.2, 0.25) is 0 Å². The molecule has 0 amide bonds. The molecule has 3 heteroatoms. The highest BCUT2D eigenvalue weighted by Gasteiger charge is 2.31. The number of thioether (sulfide) groups is 1. The molecule has 2 rings (SSSR count). The minimum absolute atomic E-state index is 0.178. The van der Waals surface area contributed by atoms with E-state index < -0.39 is 5.97 Å². The Bertz CT molecular complexity index is 389. The molecule has 1 aromatic carbocycles. The second-order valence-corrected chi connectivity index (χ2v) is 5.17. The van der Waals surface area contributed by atoms with E-state index in [1.807, 2.05) is 18.4 Å². The van der Waals surface area contributed by atoms with Gasteiger partial charge in [0.15, 0.2) is 0 Å². The minimum Gasteiger partial charge on any atom is -0.480 e. The van der Waals surface area contributed by atoms with Crippen LogP contribution in [-0.4, -0.2) is 22.6 Å². The van der Waals surface area contributed by atoms with E-state index in [9.17, 15) is 9.90 Å². The normalized spacial score (nSPS) is 21.2. The molecule has 0 saturated heterocycles. The standard InChI is InChI=1S/C13H16O2S/c1-16-12(13(14)15)11-8-4-6-9-5-2-3-7-10(9)11/h2-3,5,7,11-12H,4,6,8H2,1H3,(H,14,15). The Balaban J connectivity index is 2.34. The second-order valence-electron chi connectivity index (χ2n) is 4.19. The van der Waals surface area contributed by atoms with E-state index in [1.165, 1.54) is 22.9 Å². The number of carbonyl (C=O) groups is 1. The summed E-state index contributed by atoms with van der Waals surface area (Å²) in [6.45, 7) is 0. The van der Waals surface area contributed by atoms with E-state index in [2.05, 4.69) is 12.1 Å². The lowest BCUT2D eigenvalue weighted by molar-refractivity contribution is -0.136. The number of hydrogen-bond donors (Lipinski definition) is 1. The Hall–Kier alpha value is -0.960. The summed E-state index contributed by atoms with van der Waals surface area (Å²) in [6, 6.07) is 8.26. The van der Waals surface area contributed by atoms with Crippen molar-refractivity contribution < 1.29 is 9.90 Å². The third-order valence-corrected chi connectivity index (χ3v) is 4.32. The van der Waals surface area contributed by atoms with Crippen LogP contribution in [0.25, 0.3) is 0 Å². The van der Waals surface area contributed by atoms with Gasteiger partial charge in [-0.05, 0) is 36.6 Å². The molecule has 2 atom stereocenters. The molecule has 2 unspecified atom stereocenters. The number of aliphatic carboxylic acids is 1. The highest BCUT2D eigenvalue weighted by Crippen LogP contribution is 2.37. The molecule has 0 spiro atoms. The summed E-state index contributed by atoms with van der Waals surface area (Å²) < 4.78 is 0. The third-order valence-electron chi connectivity index (χ3n) is 3.28. The Morgan fingerprint density at radius 3 is 2.94 bits per heavy atom. The van der Waals surface area contributed by atoms with Crippen LogP contribution < -0.4 is 0 Å². The Morgan fingerprint density at radius 1 is 1.50 bits per heavy atom. The maximum atomic E-state index is 11.2. The van der Waals surface area contributed by atoms with Gasteiger partial charge in [0.25, 0.3) is 0 Å². The van der Waals surface area contributed by atoms with Gasteiger partial charge in [0, 0.05) is 5.92 Å². The maximum absolute atomic E-state index is 11.2. The van der Waals surface area contributed by atoms with Gasteiger partial charge < -0.3 is 5.11 Å². The first-order valence-electron chi connectivity index (χ1n) is 5.57. The quantitative estimate of drug-likeness (QED) is 0.876. The van der Waals surface area contributed by atoms with Gasteiger partial charge in [-0.25, -0.2) is 0 Å². The SMILES string of the molecule is CSC(C(=O)O)C1CCCc2ccccc21. The molecular weight excluding hydrogens is 220 g/mol. The predicted molar refractivity (Wildman–Crippen MR) is 67.1 cm³/mol. The molecule has 1 aromatic rings. The molecule has 1 aliphatic rings. The van der Waals surface area contributed by atoms with E-state index in [0.29, 0.717) is 0 Å². The van der Waals surface area contributed by atoms with E-state index >= 15 is 0 Å². The van der Waals surface area contributed by atoms with E-state index in [0.717, 1.165) is 19.3 Å². The van der Waals surface area contributed by atoms with Gasteiger partial charge in [0.05, 0.1) is 0 Å². The Labute approximate surface area is 100 Å². The fraction of sp³-hybridized carbons (Fsp3) is 0.462. The first kappa shape index (κ1) is 11.5. The fourth-order valence-corrected chi connectivity index (χ4v) is 3.36. The maximum Gasteiger partial charge on any atom is 0.317 e. The van der Waals surface area contributed by atoms with Gasteiger partial charge in [0.1, 0.15) is 5.25 Å². The smallest absolute Gasteiger partial charge is 0.317 e. The summed E-state index contributed by atoms with van der Waals surface area (Å²) in [6.07, 6.45) is 5.07. The Morgan fingerprint density at radius 2 is 2.25 bits per heavy atom. The zero-order valence-corrected chi connectivity index (χ0v) is 10.2. The lowest BCUT2D eigenvalue weighted by atomic mass is 9.81. The largest absolute Gasteiger partial charge is 0.480 e. The second kappa shape index (κ2) is 4.91. The van der Waals surface area contributed by atoms with Crippen LogP contribution in [0.3, 0.4) is 0 Å². The summed E-state index contributed by atoms with van der Waals surface area (Å²) in [4.78, 5) is 11.2. The molecule has 0 fully saturated rings. The molecule has 0 aromatic heterocycles. The van der Waals surface area contributed by atoms with Crippen LogP contribution in [0.5, 0.6) is 0 Å². The average molecular weight is 236 g/mol. The average Bonchev–Trinajstić information content (AvgIpc) is 2.30. The minimum atomic E-state index is -0.686. The molecule has 0 heterocycles. The summed E-state index contributed by atoms with van der Waals surface area (Å²) >= 11 is 1.45. The summed E-state index contributed by atoms with van der Waals surface area (Å²) in [5.41, 5.74) is 2.58. The van der Waals surface area contributed by atoms with E-state index in [-0.39, 0.29) is 11.2 Å². The van der Waals surface area contributed by atoms with Crippen molar-refractivity contribution in [3.8, 4) is 0 Å². The molecule has 86 valence electrons. The first-order valence-corrected chi connectivity index (χ1v) is 6.86. The van der Waals surface area contributed by atoms with Crippen molar-refractivity contribution in [1.82, 2.24) is 0 Å². The molecule has 0 aliphatic heterocycles. The summed E-state index contributed by atoms with van der Waals surface area (Å²) in [5, 5.41) is 8.93. The summed E-state index contributed by atoms with van der Waals surface area (Å²) in [5.74, 6) is -0.508. The Kier molecular flexibility index (Phi) is 3.54. The van der Waals surface area contributed by atoms with E-state index in [4.69, 9.17) is 0 Å². The number of rotatable bonds is 3. The molecule has 0 saturated carbocycles. The topological polar surface area (TPSA) is 37.3 Å². The molecule has 0 radical (unpaired) electrons. The number of benzene rings is 1. The van der Waals surface area contributed by atoms with Gasteiger partial charge in [-0.2, -0.15) is 0 Å². The van der Waals surface area contributed by atoms with Crippen molar-refractivity contribution in [2.24, 2.45) is 0 Å². The summed E-state index contributed by atoms with van der Waals surface area (Å²) in [7, 11) is 0. The molecule has 0 bridgehead atoms. The van der Waals surface area contributed by atoms with Gasteiger partial charge in [-0.3, -0.25) is 4.79 Å². The lowest BCUT2D eigenvalue weighted by Gasteiger charge is -2.29. The van der Waals surface area contributed by atoms with Crippen LogP contribution in [0.15, 0.2) is 24.3 Å². The zero-order chi connectivity index (χ0) is 11.5. The molecule has 1 aliphatic carbocycles. The van der Waals surface area contributed by atoms with Gasteiger partial charge in [-0.1, -0.05) is 24.3 Å². The van der Waals surface area contributed by atoms with Crippen LogP contribution in [0, 0.1) is 0 Å². The molecule has 16 heavy (non-hydrogen) atoms. The fourth-order valence-electron chi connectivity index (χ4n) is 2.54. The number of carboxylic acid groups (broad SMARTS) is 1. The van der Waals surface area contributed by atoms with Crippen LogP contribution in [0.4, 0.5) is 0 Å². The predicted octanol–water partition coefficient (Wildman–Crippen LogP) is 2.92. The van der Waals surface area contributed by atoms with Crippen molar-refractivity contribution in [2.75, 3.05) is 6.26 Å². The first-order chi connectivity index (χ1) is 7.74. The third kappa shape index (κ3) is 2.09. The number of fused-ring (bicyclic) bond motifs is 1. The molecular formula is C13H16O2S. The van der Waals surface area contributed by atoms with Gasteiger partial charge in [0.2, 0.25) is 0 Å². The van der Waals surface area contributed by atoms with Crippen molar-refractivity contribution in [2.45, 2.75) is 30.4 Å². The highest BCUT2D eigenvalue weighted by molar-refractivity contribution is 7.99. The van der Waals surface area contributed by atoms with Crippen molar-refractivity contribution in [1.29, 1.82) is 0 Å². The van der Waals surface area contributed by atoms with Crippen LogP contribution in [-0.2, 0) is 11.2 Å². The van der Waals surface area contributed by atoms with Crippen molar-refractivity contribution in [3.63, 3.8) is 0 Å². The number of carboxylic acids is 1. The number of aryl methyl sites for hydroxylation is 1. The number of hydrogen-bond acceptors (Lipinski definition) is 2. The van der Waals surface area contributed by atoms with Crippen LogP contribution in [0.1, 0.15) is 29.9 Å². The van der Waals surface area contributed by atoms with Gasteiger partial charge in [-0.15, -0.1) is 11.8 Å². The van der Waals surface area contributed by atoms with Crippen molar-refractivity contribution >= 4 is 17.7 Å². The zero-order valence-electron chi connectivity index (χ0n) is 9.35. The monoisotopic (exact) mass is 236 g/mol. The lowest BCUT2D eigenvalue weighted by Crippen LogP contribution is -2.27. The van der Waals surface area contributed by atoms with Crippen LogP contribution >= 0.6 is 11.8 Å². The van der Waals surface area contributed by atoms with Gasteiger partial charge >= 0.3 is 5.97 Å². The highest BCUT2D eigenvalue weighted by atomic mass is 32.2. The molecule has 1 N–H and O–H groups in total. The van der Waals surface area contributed by atoms with E-state index in [1.54, 1.807) is 0 Å². The van der Waals surface area contributed by atoms with Crippen molar-refractivity contribution in [3.05, 3.63) is 35.4 Å².